The number of hydrogen-bond acceptors (Lipinski definition) is 4. The standard InChI is InChI=1S/C6H4BrNO.C6BrNO/c7-6-2-1-5(4-9)3-8-6;7-5-3-1-2-4-6-8-9/h1-4H;. The molecule has 0 aromatic carbocycles. The van der Waals surface area contributed by atoms with E-state index < -0.39 is 0 Å². The monoisotopic (exact) mass is 366 g/mol. The smallest absolute Gasteiger partial charge is 0.151 e. The highest BCUT2D eigenvalue weighted by Crippen LogP contribution is 2.03. The van der Waals surface area contributed by atoms with E-state index in [1.807, 2.05) is 6.04 Å². The van der Waals surface area contributed by atoms with Gasteiger partial charge in [-0.15, -0.1) is 4.91 Å². The van der Waals surface area contributed by atoms with Crippen LogP contribution >= 0.6 is 31.9 Å². The lowest BCUT2D eigenvalue weighted by molar-refractivity contribution is 0.112. The van der Waals surface area contributed by atoms with Crippen molar-refractivity contribution < 1.29 is 4.79 Å². The third-order valence-electron chi connectivity index (χ3n) is 1.22. The van der Waals surface area contributed by atoms with Gasteiger partial charge in [-0.1, -0.05) is 0 Å². The Morgan fingerprint density at radius 3 is 2.44 bits per heavy atom. The minimum Gasteiger partial charge on any atom is -0.298 e. The molecule has 1 rings (SSSR count). The van der Waals surface area contributed by atoms with E-state index in [-0.39, 0.29) is 0 Å². The first-order valence-corrected chi connectivity index (χ1v) is 5.83. The molecule has 0 amide bonds. The topological polar surface area (TPSA) is 59.4 Å². The van der Waals surface area contributed by atoms with Gasteiger partial charge in [0.25, 0.3) is 0 Å². The van der Waals surface area contributed by atoms with Crippen LogP contribution < -0.4 is 0 Å². The van der Waals surface area contributed by atoms with Gasteiger partial charge in [-0.25, -0.2) is 4.98 Å². The van der Waals surface area contributed by atoms with E-state index in [2.05, 4.69) is 70.5 Å². The van der Waals surface area contributed by atoms with E-state index in [1.54, 1.807) is 12.1 Å². The Kier molecular flexibility index (Phi) is 10.3. The summed E-state index contributed by atoms with van der Waals surface area (Å²) < 4.78 is 0.744. The highest BCUT2D eigenvalue weighted by atomic mass is 79.9. The molecule has 4 nitrogen and oxygen atoms in total. The van der Waals surface area contributed by atoms with E-state index in [0.29, 0.717) is 5.56 Å². The molecule has 0 radical (unpaired) electrons. The first-order valence-electron chi connectivity index (χ1n) is 4.24. The van der Waals surface area contributed by atoms with Crippen molar-refractivity contribution >= 4 is 38.1 Å². The molecule has 0 bridgehead atoms. The Bertz CT molecular complexity index is 578. The minimum atomic E-state index is 0.596. The third kappa shape index (κ3) is 9.30. The zero-order valence-electron chi connectivity index (χ0n) is 8.78. The van der Waals surface area contributed by atoms with Crippen molar-refractivity contribution in [1.29, 1.82) is 0 Å². The van der Waals surface area contributed by atoms with Crippen LogP contribution in [-0.2, 0) is 0 Å². The summed E-state index contributed by atoms with van der Waals surface area (Å²) in [5.41, 5.74) is 0.596. The molecule has 1 heterocycles. The van der Waals surface area contributed by atoms with Crippen molar-refractivity contribution in [3.8, 4) is 34.6 Å². The molecule has 0 atom stereocenters. The SMILES string of the molecule is O=Cc1ccc(Br)nc1.O=NC#CC#CC#CBr. The molecule has 88 valence electrons. The van der Waals surface area contributed by atoms with Gasteiger partial charge in [0.05, 0.1) is 6.04 Å². The normalized spacial score (nSPS) is 6.56. The Hall–Kier alpha value is -1.94. The molecule has 0 aliphatic heterocycles. The molecule has 0 fully saturated rings. The van der Waals surface area contributed by atoms with Crippen LogP contribution in [0.5, 0.6) is 0 Å². The molecular formula is C12H4Br2N2O2. The van der Waals surface area contributed by atoms with E-state index >= 15 is 0 Å². The van der Waals surface area contributed by atoms with Gasteiger partial charge in [0.1, 0.15) is 4.60 Å². The highest BCUT2D eigenvalue weighted by Gasteiger charge is 1.87. The van der Waals surface area contributed by atoms with E-state index in [1.165, 1.54) is 6.20 Å². The molecule has 0 aliphatic rings. The summed E-state index contributed by atoms with van der Waals surface area (Å²) in [7, 11) is 0. The van der Waals surface area contributed by atoms with Gasteiger partial charge in [0, 0.05) is 44.7 Å². The summed E-state index contributed by atoms with van der Waals surface area (Å²) in [6.45, 7) is 0. The quantitative estimate of drug-likeness (QED) is 0.332. The van der Waals surface area contributed by atoms with Crippen LogP contribution in [0.4, 0.5) is 0 Å². The molecule has 0 saturated carbocycles. The van der Waals surface area contributed by atoms with Crippen LogP contribution in [0.2, 0.25) is 0 Å². The van der Waals surface area contributed by atoms with Gasteiger partial charge in [0.2, 0.25) is 0 Å². The van der Waals surface area contributed by atoms with E-state index in [9.17, 15) is 9.70 Å². The van der Waals surface area contributed by atoms with Crippen LogP contribution in [-0.4, -0.2) is 11.3 Å². The number of carbonyl (C=O) groups is 1. The zero-order valence-corrected chi connectivity index (χ0v) is 11.9. The Morgan fingerprint density at radius 1 is 1.22 bits per heavy atom. The second-order valence-corrected chi connectivity index (χ2v) is 3.54. The number of rotatable bonds is 1. The molecule has 1 aromatic rings. The van der Waals surface area contributed by atoms with Crippen LogP contribution in [0.15, 0.2) is 28.1 Å². The summed E-state index contributed by atoms with van der Waals surface area (Å²) in [5, 5.41) is 2.26. The summed E-state index contributed by atoms with van der Waals surface area (Å²) in [6.07, 6.45) is 2.27. The third-order valence-corrected chi connectivity index (χ3v) is 1.89. The second kappa shape index (κ2) is 11.5. The Labute approximate surface area is 121 Å². The lowest BCUT2D eigenvalue weighted by atomic mass is 10.3. The molecule has 1 aromatic heterocycles. The zero-order chi connectivity index (χ0) is 13.6. The number of carbonyl (C=O) groups excluding carboxylic acids is 1. The highest BCUT2D eigenvalue weighted by molar-refractivity contribution is 9.12. The molecule has 0 unspecified atom stereocenters. The maximum Gasteiger partial charge on any atom is 0.151 e. The van der Waals surface area contributed by atoms with E-state index in [0.717, 1.165) is 10.9 Å². The van der Waals surface area contributed by atoms with Crippen molar-refractivity contribution in [3.05, 3.63) is 33.4 Å². The van der Waals surface area contributed by atoms with Crippen LogP contribution in [0.1, 0.15) is 10.4 Å². The summed E-state index contributed by atoms with van der Waals surface area (Å²) in [5.74, 6) is 9.14. The van der Waals surface area contributed by atoms with Crippen molar-refractivity contribution in [3.63, 3.8) is 0 Å². The Balaban J connectivity index is 0.000000321. The van der Waals surface area contributed by atoms with E-state index in [4.69, 9.17) is 0 Å². The van der Waals surface area contributed by atoms with Crippen LogP contribution in [0, 0.1) is 39.5 Å². The second-order valence-electron chi connectivity index (χ2n) is 2.33. The molecular weight excluding hydrogens is 364 g/mol. The number of pyridine rings is 1. The van der Waals surface area contributed by atoms with Gasteiger partial charge < -0.3 is 0 Å². The number of halogens is 2. The van der Waals surface area contributed by atoms with Gasteiger partial charge >= 0.3 is 0 Å². The largest absolute Gasteiger partial charge is 0.298 e. The van der Waals surface area contributed by atoms with Gasteiger partial charge in [-0.2, -0.15) is 0 Å². The number of nitrogens with zero attached hydrogens (tertiary/aromatic N) is 2. The predicted octanol–water partition coefficient (Wildman–Crippen LogP) is 2.73. The van der Waals surface area contributed by atoms with Crippen molar-refractivity contribution in [2.24, 2.45) is 5.18 Å². The lowest BCUT2D eigenvalue weighted by Gasteiger charge is -1.87. The number of aromatic nitrogens is 1. The van der Waals surface area contributed by atoms with Crippen LogP contribution in [0.3, 0.4) is 0 Å². The maximum atomic E-state index is 10.1. The predicted molar refractivity (Wildman–Crippen MR) is 75.4 cm³/mol. The maximum absolute atomic E-state index is 10.1. The van der Waals surface area contributed by atoms with Gasteiger partial charge in [-0.3, -0.25) is 4.79 Å². The number of hydrogen-bond donors (Lipinski definition) is 0. The molecule has 6 heteroatoms. The minimum absolute atomic E-state index is 0.596. The van der Waals surface area contributed by atoms with Crippen LogP contribution in [0.25, 0.3) is 0 Å². The Morgan fingerprint density at radius 2 is 1.94 bits per heavy atom. The summed E-state index contributed by atoms with van der Waals surface area (Å²) in [4.78, 5) is 25.6. The number of nitroso groups, excluding NO2 is 1. The molecule has 18 heavy (non-hydrogen) atoms. The average Bonchev–Trinajstić information content (AvgIpc) is 2.40. The molecule has 0 saturated heterocycles. The average molecular weight is 368 g/mol. The van der Waals surface area contributed by atoms with Crippen molar-refractivity contribution in [2.45, 2.75) is 0 Å². The number of aldehydes is 1. The molecule has 0 aliphatic carbocycles. The first-order chi connectivity index (χ1) is 8.74. The fourth-order valence-electron chi connectivity index (χ4n) is 0.594. The molecule has 0 spiro atoms. The van der Waals surface area contributed by atoms with Gasteiger partial charge in [-0.05, 0) is 44.7 Å². The fraction of sp³-hybridized carbons (Fsp3) is 0. The van der Waals surface area contributed by atoms with Gasteiger partial charge in [0.15, 0.2) is 6.29 Å². The first kappa shape index (κ1) is 16.1. The molecule has 0 N–H and O–H groups in total. The summed E-state index contributed by atoms with van der Waals surface area (Å²) >= 11 is 5.97. The fourth-order valence-corrected chi connectivity index (χ4v) is 0.928. The summed E-state index contributed by atoms with van der Waals surface area (Å²) in [6, 6.07) is 5.29. The van der Waals surface area contributed by atoms with Crippen molar-refractivity contribution in [2.75, 3.05) is 0 Å². The lowest BCUT2D eigenvalue weighted by Crippen LogP contribution is -1.80. The van der Waals surface area contributed by atoms with Crippen molar-refractivity contribution in [1.82, 2.24) is 4.98 Å².